The van der Waals surface area contributed by atoms with Gasteiger partial charge in [0.15, 0.2) is 0 Å². The van der Waals surface area contributed by atoms with Gasteiger partial charge < -0.3 is 14.6 Å². The molecule has 1 N–H and O–H groups in total. The van der Waals surface area contributed by atoms with Crippen molar-refractivity contribution in [1.29, 1.82) is 0 Å². The number of hydrogen-bond acceptors (Lipinski definition) is 6. The van der Waals surface area contributed by atoms with E-state index in [-0.39, 0.29) is 6.04 Å². The van der Waals surface area contributed by atoms with Gasteiger partial charge in [0, 0.05) is 18.0 Å². The minimum absolute atomic E-state index is 0.0118. The zero-order valence-electron chi connectivity index (χ0n) is 14.9. The molecule has 2 aromatic heterocycles. The van der Waals surface area contributed by atoms with E-state index in [1.807, 2.05) is 31.3 Å². The lowest BCUT2D eigenvalue weighted by Gasteiger charge is -2.26. The Bertz CT molecular complexity index is 897. The highest BCUT2D eigenvalue weighted by molar-refractivity contribution is 7.13. The van der Waals surface area contributed by atoms with Gasteiger partial charge in [-0.05, 0) is 42.3 Å². The Hall–Kier alpha value is -1.99. The third-order valence-corrected chi connectivity index (χ3v) is 5.74. The van der Waals surface area contributed by atoms with Crippen LogP contribution in [0.3, 0.4) is 0 Å². The number of ether oxygens (including phenoxy) is 2. The lowest BCUT2D eigenvalue weighted by atomic mass is 10.1. The third-order valence-electron chi connectivity index (χ3n) is 4.87. The van der Waals surface area contributed by atoms with Crippen LogP contribution in [-0.4, -0.2) is 54.5 Å². The van der Waals surface area contributed by atoms with Gasteiger partial charge in [-0.2, -0.15) is 0 Å². The van der Waals surface area contributed by atoms with Crippen molar-refractivity contribution >= 4 is 22.2 Å². The summed E-state index contributed by atoms with van der Waals surface area (Å²) in [4.78, 5) is 8.23. The van der Waals surface area contributed by atoms with Crippen molar-refractivity contribution < 1.29 is 14.6 Å². The maximum absolute atomic E-state index is 10.1. The molecule has 1 aliphatic heterocycles. The first-order valence-electron chi connectivity index (χ1n) is 8.63. The quantitative estimate of drug-likeness (QED) is 0.748. The van der Waals surface area contributed by atoms with Crippen LogP contribution >= 0.6 is 11.3 Å². The summed E-state index contributed by atoms with van der Waals surface area (Å²) < 4.78 is 10.7. The number of aliphatic hydroxyl groups is 1. The zero-order chi connectivity index (χ0) is 18.1. The van der Waals surface area contributed by atoms with E-state index in [0.29, 0.717) is 19.8 Å². The van der Waals surface area contributed by atoms with E-state index in [1.54, 1.807) is 18.4 Å². The van der Waals surface area contributed by atoms with Crippen molar-refractivity contribution in [2.24, 2.45) is 0 Å². The molecule has 3 heterocycles. The normalized spacial score (nSPS) is 20.2. The Morgan fingerprint density at radius 3 is 2.88 bits per heavy atom. The van der Waals surface area contributed by atoms with Gasteiger partial charge in [-0.3, -0.25) is 4.90 Å². The number of fused-ring (bicyclic) bond motifs is 1. The van der Waals surface area contributed by atoms with Gasteiger partial charge >= 0.3 is 0 Å². The average molecular weight is 370 g/mol. The second kappa shape index (κ2) is 7.32. The summed E-state index contributed by atoms with van der Waals surface area (Å²) in [6, 6.07) is 12.3. The monoisotopic (exact) mass is 370 g/mol. The number of hydrogen-bond donors (Lipinski definition) is 1. The highest BCUT2D eigenvalue weighted by Crippen LogP contribution is 2.31. The van der Waals surface area contributed by atoms with Gasteiger partial charge in [-0.25, -0.2) is 4.98 Å². The Balaban J connectivity index is 1.75. The topological polar surface area (TPSA) is 54.8 Å². The predicted octanol–water partition coefficient (Wildman–Crippen LogP) is 3.16. The maximum atomic E-state index is 10.1. The van der Waals surface area contributed by atoms with Crippen LogP contribution in [0.4, 0.5) is 0 Å². The highest BCUT2D eigenvalue weighted by Gasteiger charge is 2.30. The summed E-state index contributed by atoms with van der Waals surface area (Å²) in [5.74, 6) is 0.804. The number of thiophene rings is 1. The SMILES string of the molecule is COc1ccc2cc(CN(C)[C@@H]3COC[C@H]3O)c(-c3cccs3)nc2c1. The Labute approximate surface area is 156 Å². The van der Waals surface area contributed by atoms with Crippen LogP contribution in [0.5, 0.6) is 5.75 Å². The van der Waals surface area contributed by atoms with Gasteiger partial charge in [-0.1, -0.05) is 6.07 Å². The van der Waals surface area contributed by atoms with Crippen molar-refractivity contribution in [2.75, 3.05) is 27.4 Å². The smallest absolute Gasteiger partial charge is 0.121 e. The fourth-order valence-electron chi connectivity index (χ4n) is 3.40. The van der Waals surface area contributed by atoms with E-state index in [2.05, 4.69) is 22.4 Å². The molecule has 0 amide bonds. The molecule has 3 aromatic rings. The molecule has 0 aliphatic carbocycles. The molecule has 136 valence electrons. The molecule has 0 saturated carbocycles. The number of methoxy groups -OCH3 is 1. The summed E-state index contributed by atoms with van der Waals surface area (Å²) in [6.07, 6.45) is -0.442. The second-order valence-corrected chi connectivity index (χ2v) is 7.57. The van der Waals surface area contributed by atoms with Gasteiger partial charge in [0.2, 0.25) is 0 Å². The number of rotatable bonds is 5. The van der Waals surface area contributed by atoms with Crippen LogP contribution in [0.25, 0.3) is 21.5 Å². The molecule has 26 heavy (non-hydrogen) atoms. The van der Waals surface area contributed by atoms with E-state index in [4.69, 9.17) is 14.5 Å². The maximum Gasteiger partial charge on any atom is 0.121 e. The second-order valence-electron chi connectivity index (χ2n) is 6.62. The summed E-state index contributed by atoms with van der Waals surface area (Å²) in [5, 5.41) is 13.3. The Morgan fingerprint density at radius 2 is 2.19 bits per heavy atom. The van der Waals surface area contributed by atoms with Gasteiger partial charge in [-0.15, -0.1) is 11.3 Å². The molecule has 0 radical (unpaired) electrons. The highest BCUT2D eigenvalue weighted by atomic mass is 32.1. The first-order chi connectivity index (χ1) is 12.7. The van der Waals surface area contributed by atoms with Crippen LogP contribution in [0.2, 0.25) is 0 Å². The minimum atomic E-state index is -0.442. The van der Waals surface area contributed by atoms with Crippen molar-refractivity contribution in [3.8, 4) is 16.3 Å². The number of nitrogens with zero attached hydrogens (tertiary/aromatic N) is 2. The summed E-state index contributed by atoms with van der Waals surface area (Å²) >= 11 is 1.68. The Morgan fingerprint density at radius 1 is 1.31 bits per heavy atom. The summed E-state index contributed by atoms with van der Waals surface area (Å²) in [5.41, 5.74) is 3.05. The van der Waals surface area contributed by atoms with E-state index in [1.165, 1.54) is 0 Å². The van der Waals surface area contributed by atoms with Gasteiger partial charge in [0.05, 0.1) is 48.6 Å². The van der Waals surface area contributed by atoms with Crippen LogP contribution < -0.4 is 4.74 Å². The van der Waals surface area contributed by atoms with Crippen molar-refractivity contribution in [2.45, 2.75) is 18.7 Å². The standard InChI is InChI=1S/C20H22N2O3S/c1-22(17-11-25-12-18(17)23)10-14-8-13-5-6-15(24-2)9-16(13)21-20(14)19-4-3-7-26-19/h3-9,17-18,23H,10-12H2,1-2H3/t17-,18-/m1/s1. The Kier molecular flexibility index (Phi) is 4.91. The fraction of sp³-hybridized carbons (Fsp3) is 0.350. The number of benzene rings is 1. The molecule has 1 aliphatic rings. The zero-order valence-corrected chi connectivity index (χ0v) is 15.7. The minimum Gasteiger partial charge on any atom is -0.497 e. The van der Waals surface area contributed by atoms with Gasteiger partial charge in [0.1, 0.15) is 5.75 Å². The number of aliphatic hydroxyl groups excluding tert-OH is 1. The van der Waals surface area contributed by atoms with Crippen molar-refractivity contribution in [3.63, 3.8) is 0 Å². The molecule has 4 rings (SSSR count). The molecule has 1 saturated heterocycles. The lowest BCUT2D eigenvalue weighted by Crippen LogP contribution is -2.40. The van der Waals surface area contributed by atoms with Crippen LogP contribution in [-0.2, 0) is 11.3 Å². The third kappa shape index (κ3) is 3.33. The van der Waals surface area contributed by atoms with E-state index >= 15 is 0 Å². The van der Waals surface area contributed by atoms with Crippen LogP contribution in [0.1, 0.15) is 5.56 Å². The summed E-state index contributed by atoms with van der Waals surface area (Å²) in [7, 11) is 3.69. The van der Waals surface area contributed by atoms with E-state index in [0.717, 1.165) is 32.8 Å². The molecule has 2 atom stereocenters. The molecule has 5 nitrogen and oxygen atoms in total. The first-order valence-corrected chi connectivity index (χ1v) is 9.51. The fourth-order valence-corrected chi connectivity index (χ4v) is 4.15. The molecular weight excluding hydrogens is 348 g/mol. The van der Waals surface area contributed by atoms with Gasteiger partial charge in [0.25, 0.3) is 0 Å². The van der Waals surface area contributed by atoms with Crippen LogP contribution in [0, 0.1) is 0 Å². The van der Waals surface area contributed by atoms with Crippen molar-refractivity contribution in [3.05, 3.63) is 47.3 Å². The molecular formula is C20H22N2O3S. The average Bonchev–Trinajstić information content (AvgIpc) is 3.32. The molecule has 6 heteroatoms. The molecule has 0 spiro atoms. The molecule has 1 fully saturated rings. The number of likely N-dealkylation sites (N-methyl/N-ethyl adjacent to an activating group) is 1. The first kappa shape index (κ1) is 17.4. The molecule has 0 unspecified atom stereocenters. The van der Waals surface area contributed by atoms with E-state index < -0.39 is 6.10 Å². The lowest BCUT2D eigenvalue weighted by molar-refractivity contribution is 0.0926. The summed E-state index contributed by atoms with van der Waals surface area (Å²) in [6.45, 7) is 1.67. The number of aromatic nitrogens is 1. The van der Waals surface area contributed by atoms with Crippen LogP contribution in [0.15, 0.2) is 41.8 Å². The predicted molar refractivity (Wildman–Crippen MR) is 104 cm³/mol. The largest absolute Gasteiger partial charge is 0.497 e. The number of pyridine rings is 1. The van der Waals surface area contributed by atoms with Crippen molar-refractivity contribution in [1.82, 2.24) is 9.88 Å². The molecule has 0 bridgehead atoms. The molecule has 1 aromatic carbocycles. The van der Waals surface area contributed by atoms with E-state index in [9.17, 15) is 5.11 Å².